The topological polar surface area (TPSA) is 47.0 Å². The molecule has 2 aromatic carbocycles. The number of benzene rings is 2. The maximum Gasteiger partial charge on any atom is 0.206 e. The van der Waals surface area contributed by atoms with E-state index in [1.54, 1.807) is 23.1 Å². The molecule has 3 aromatic rings. The van der Waals surface area contributed by atoms with Crippen LogP contribution in [0.4, 0.5) is 5.13 Å². The highest BCUT2D eigenvalue weighted by molar-refractivity contribution is 8.01. The number of rotatable bonds is 7. The minimum absolute atomic E-state index is 0.200. The molecule has 2 heterocycles. The van der Waals surface area contributed by atoms with Gasteiger partial charge in [-0.05, 0) is 36.5 Å². The van der Waals surface area contributed by atoms with Crippen LogP contribution in [0.25, 0.3) is 0 Å². The monoisotopic (exact) mass is 397 g/mol. The van der Waals surface area contributed by atoms with Crippen LogP contribution in [0.3, 0.4) is 0 Å². The molecule has 1 aromatic heterocycles. The molecule has 140 valence electrons. The first-order valence-electron chi connectivity index (χ1n) is 9.26. The largest absolute Gasteiger partial charge is 0.376 e. The Balaban J connectivity index is 1.51. The van der Waals surface area contributed by atoms with Crippen molar-refractivity contribution in [3.05, 3.63) is 71.3 Å². The Hall–Kier alpha value is -1.89. The van der Waals surface area contributed by atoms with Gasteiger partial charge in [-0.15, -0.1) is 10.2 Å². The lowest BCUT2D eigenvalue weighted by Gasteiger charge is -2.18. The molecular formula is C21H23N3OS2. The fourth-order valence-electron chi connectivity index (χ4n) is 3.26. The summed E-state index contributed by atoms with van der Waals surface area (Å²) in [5.74, 6) is 0. The smallest absolute Gasteiger partial charge is 0.206 e. The average molecular weight is 398 g/mol. The van der Waals surface area contributed by atoms with Gasteiger partial charge >= 0.3 is 0 Å². The minimum atomic E-state index is 0.200. The van der Waals surface area contributed by atoms with Crippen molar-refractivity contribution in [2.24, 2.45) is 0 Å². The zero-order valence-electron chi connectivity index (χ0n) is 15.3. The predicted octanol–water partition coefficient (Wildman–Crippen LogP) is 5.32. The zero-order valence-corrected chi connectivity index (χ0v) is 16.9. The summed E-state index contributed by atoms with van der Waals surface area (Å²) in [4.78, 5) is 0. The highest BCUT2D eigenvalue weighted by atomic mass is 32.2. The third kappa shape index (κ3) is 4.69. The summed E-state index contributed by atoms with van der Waals surface area (Å²) < 4.78 is 6.64. The molecule has 0 saturated carbocycles. The van der Waals surface area contributed by atoms with Gasteiger partial charge < -0.3 is 10.1 Å². The third-order valence-corrected chi connectivity index (χ3v) is 6.96. The second-order valence-electron chi connectivity index (χ2n) is 6.65. The molecule has 0 amide bonds. The molecule has 27 heavy (non-hydrogen) atoms. The summed E-state index contributed by atoms with van der Waals surface area (Å²) in [7, 11) is 0. The fourth-order valence-corrected chi connectivity index (χ4v) is 5.43. The second-order valence-corrected chi connectivity index (χ2v) is 8.98. The summed E-state index contributed by atoms with van der Waals surface area (Å²) in [5, 5.41) is 13.2. The number of thioether (sulfide) groups is 1. The van der Waals surface area contributed by atoms with E-state index in [9.17, 15) is 0 Å². The van der Waals surface area contributed by atoms with Crippen molar-refractivity contribution in [1.82, 2.24) is 10.2 Å². The van der Waals surface area contributed by atoms with Gasteiger partial charge in [-0.3, -0.25) is 0 Å². The van der Waals surface area contributed by atoms with Crippen molar-refractivity contribution < 1.29 is 4.74 Å². The summed E-state index contributed by atoms with van der Waals surface area (Å²) in [6.45, 7) is 3.85. The molecule has 1 aliphatic rings. The van der Waals surface area contributed by atoms with E-state index in [1.165, 1.54) is 16.7 Å². The van der Waals surface area contributed by atoms with Crippen molar-refractivity contribution in [2.45, 2.75) is 35.5 Å². The zero-order chi connectivity index (χ0) is 18.5. The molecule has 1 saturated heterocycles. The lowest BCUT2D eigenvalue weighted by Crippen LogP contribution is -2.18. The quantitative estimate of drug-likeness (QED) is 0.547. The van der Waals surface area contributed by atoms with E-state index in [4.69, 9.17) is 4.74 Å². The predicted molar refractivity (Wildman–Crippen MR) is 113 cm³/mol. The van der Waals surface area contributed by atoms with Crippen molar-refractivity contribution in [2.75, 3.05) is 18.5 Å². The minimum Gasteiger partial charge on any atom is -0.376 e. The third-order valence-electron chi connectivity index (χ3n) is 4.70. The Labute approximate surface area is 168 Å². The molecule has 6 heteroatoms. The second kappa shape index (κ2) is 8.87. The molecule has 1 N–H and O–H groups in total. The Bertz CT molecular complexity index is 863. The van der Waals surface area contributed by atoms with Crippen LogP contribution in [0.5, 0.6) is 0 Å². The van der Waals surface area contributed by atoms with Crippen LogP contribution in [0, 0.1) is 6.92 Å². The highest BCUT2D eigenvalue weighted by Gasteiger charge is 2.20. The van der Waals surface area contributed by atoms with E-state index in [0.717, 1.165) is 35.5 Å². The number of hydrogen-bond acceptors (Lipinski definition) is 6. The van der Waals surface area contributed by atoms with Gasteiger partial charge in [0.05, 0.1) is 11.4 Å². The summed E-state index contributed by atoms with van der Waals surface area (Å²) in [6.07, 6.45) is 2.57. The highest BCUT2D eigenvalue weighted by Crippen LogP contribution is 2.43. The van der Waals surface area contributed by atoms with Gasteiger partial charge in [-0.2, -0.15) is 0 Å². The van der Waals surface area contributed by atoms with Crippen LogP contribution in [-0.4, -0.2) is 29.5 Å². The number of aryl methyl sites for hydroxylation is 1. The van der Waals surface area contributed by atoms with Crippen LogP contribution in [-0.2, 0) is 4.74 Å². The average Bonchev–Trinajstić information content (AvgIpc) is 3.38. The van der Waals surface area contributed by atoms with Gasteiger partial charge in [0.15, 0.2) is 4.34 Å². The van der Waals surface area contributed by atoms with Gasteiger partial charge in [0.25, 0.3) is 0 Å². The van der Waals surface area contributed by atoms with E-state index in [2.05, 4.69) is 77.0 Å². The van der Waals surface area contributed by atoms with Gasteiger partial charge in [-0.25, -0.2) is 0 Å². The van der Waals surface area contributed by atoms with Crippen LogP contribution >= 0.6 is 23.1 Å². The number of anilines is 1. The Kier molecular flexibility index (Phi) is 6.07. The summed E-state index contributed by atoms with van der Waals surface area (Å²) in [5.41, 5.74) is 3.89. The van der Waals surface area contributed by atoms with Crippen LogP contribution in [0.2, 0.25) is 0 Å². The van der Waals surface area contributed by atoms with Crippen LogP contribution < -0.4 is 5.32 Å². The molecule has 1 fully saturated rings. The fraction of sp³-hybridized carbons (Fsp3) is 0.333. The maximum atomic E-state index is 5.66. The first-order valence-corrected chi connectivity index (χ1v) is 11.0. The Morgan fingerprint density at radius 2 is 1.96 bits per heavy atom. The normalized spacial score (nSPS) is 17.7. The standard InChI is InChI=1S/C21H23N3OS2/c1-15-8-5-6-12-18(15)19(16-9-3-2-4-10-16)26-21-24-23-20(27-21)22-14-17-11-7-13-25-17/h2-6,8-10,12,17,19H,7,11,13-14H2,1H3,(H,22,23). The van der Waals surface area contributed by atoms with E-state index < -0.39 is 0 Å². The van der Waals surface area contributed by atoms with E-state index in [0.29, 0.717) is 6.10 Å². The number of nitrogens with zero attached hydrogens (tertiary/aromatic N) is 2. The lowest BCUT2D eigenvalue weighted by molar-refractivity contribution is 0.120. The van der Waals surface area contributed by atoms with Gasteiger partial charge in [0, 0.05) is 13.2 Å². The van der Waals surface area contributed by atoms with Crippen molar-refractivity contribution >= 4 is 28.2 Å². The first kappa shape index (κ1) is 18.5. The molecule has 0 aliphatic carbocycles. The molecule has 1 aliphatic heterocycles. The van der Waals surface area contributed by atoms with Crippen LogP contribution in [0.1, 0.15) is 34.8 Å². The van der Waals surface area contributed by atoms with E-state index >= 15 is 0 Å². The molecule has 2 atom stereocenters. The number of hydrogen-bond donors (Lipinski definition) is 1. The van der Waals surface area contributed by atoms with E-state index in [-0.39, 0.29) is 5.25 Å². The lowest BCUT2D eigenvalue weighted by atomic mass is 10.0. The van der Waals surface area contributed by atoms with Crippen LogP contribution in [0.15, 0.2) is 58.9 Å². The SMILES string of the molecule is Cc1ccccc1C(Sc1nnc(NCC2CCCO2)s1)c1ccccc1. The maximum absolute atomic E-state index is 5.66. The van der Waals surface area contributed by atoms with E-state index in [1.807, 2.05) is 0 Å². The number of aromatic nitrogens is 2. The number of nitrogens with one attached hydrogen (secondary N) is 1. The molecule has 4 nitrogen and oxygen atoms in total. The van der Waals surface area contributed by atoms with Gasteiger partial charge in [0.1, 0.15) is 0 Å². The summed E-state index contributed by atoms with van der Waals surface area (Å²) >= 11 is 3.38. The molecule has 0 spiro atoms. The molecular weight excluding hydrogens is 374 g/mol. The molecule has 0 bridgehead atoms. The van der Waals surface area contributed by atoms with Crippen molar-refractivity contribution in [3.63, 3.8) is 0 Å². The molecule has 0 radical (unpaired) electrons. The van der Waals surface area contributed by atoms with Crippen molar-refractivity contribution in [1.29, 1.82) is 0 Å². The Morgan fingerprint density at radius 1 is 1.15 bits per heavy atom. The van der Waals surface area contributed by atoms with Gasteiger partial charge in [0.2, 0.25) is 5.13 Å². The van der Waals surface area contributed by atoms with Crippen molar-refractivity contribution in [3.8, 4) is 0 Å². The van der Waals surface area contributed by atoms with Gasteiger partial charge in [-0.1, -0.05) is 77.7 Å². The number of ether oxygens (including phenoxy) is 1. The first-order chi connectivity index (χ1) is 13.3. The molecule has 2 unspecified atom stereocenters. The Morgan fingerprint density at radius 3 is 2.74 bits per heavy atom. The molecule has 4 rings (SSSR count). The summed E-state index contributed by atoms with van der Waals surface area (Å²) in [6, 6.07) is 19.2.